The van der Waals surface area contributed by atoms with Crippen LogP contribution < -0.4 is 16.8 Å². The third-order valence-electron chi connectivity index (χ3n) is 2.58. The van der Waals surface area contributed by atoms with E-state index in [2.05, 4.69) is 5.32 Å². The van der Waals surface area contributed by atoms with Crippen LogP contribution >= 0.6 is 0 Å². The fraction of sp³-hybridized carbons (Fsp3) is 0.385. The Morgan fingerprint density at radius 3 is 2.61 bits per heavy atom. The van der Waals surface area contributed by atoms with Gasteiger partial charge in [-0.1, -0.05) is 31.5 Å². The standard InChI is InChI=1S/C13H19N3O2/c1-2-5-10(14)13(18)16-11-7-4-3-6-9(11)8-12(15)17/h3-4,6-7,10H,2,5,8,14H2,1H3,(H2,15,17)(H,16,18). The van der Waals surface area contributed by atoms with Crippen molar-refractivity contribution in [2.24, 2.45) is 11.5 Å². The second-order valence-electron chi connectivity index (χ2n) is 4.18. The van der Waals surface area contributed by atoms with Gasteiger partial charge in [0.2, 0.25) is 11.8 Å². The van der Waals surface area contributed by atoms with Crippen LogP contribution in [0.1, 0.15) is 25.3 Å². The van der Waals surface area contributed by atoms with E-state index in [0.717, 1.165) is 6.42 Å². The van der Waals surface area contributed by atoms with Crippen LogP contribution in [0.4, 0.5) is 5.69 Å². The van der Waals surface area contributed by atoms with Gasteiger partial charge in [0.25, 0.3) is 0 Å². The SMILES string of the molecule is CCCC(N)C(=O)Nc1ccccc1CC(N)=O. The highest BCUT2D eigenvalue weighted by molar-refractivity contribution is 5.95. The Labute approximate surface area is 107 Å². The minimum absolute atomic E-state index is 0.0967. The lowest BCUT2D eigenvalue weighted by Crippen LogP contribution is -2.35. The molecule has 1 unspecified atom stereocenters. The van der Waals surface area contributed by atoms with Crippen LogP contribution in [0.5, 0.6) is 0 Å². The zero-order chi connectivity index (χ0) is 13.5. The number of primary amides is 1. The number of amides is 2. The summed E-state index contributed by atoms with van der Waals surface area (Å²) < 4.78 is 0. The van der Waals surface area contributed by atoms with Crippen molar-refractivity contribution in [2.45, 2.75) is 32.2 Å². The van der Waals surface area contributed by atoms with Gasteiger partial charge in [0.15, 0.2) is 0 Å². The molecule has 0 aliphatic heterocycles. The fourth-order valence-corrected chi connectivity index (χ4v) is 1.65. The molecule has 2 amide bonds. The molecule has 0 saturated heterocycles. The van der Waals surface area contributed by atoms with Crippen LogP contribution in [0.15, 0.2) is 24.3 Å². The van der Waals surface area contributed by atoms with Crippen LogP contribution in [0.25, 0.3) is 0 Å². The maximum absolute atomic E-state index is 11.8. The molecule has 1 atom stereocenters. The molecule has 0 aliphatic rings. The number of para-hydroxylation sites is 1. The number of hydrogen-bond donors (Lipinski definition) is 3. The van der Waals surface area contributed by atoms with Crippen LogP contribution in [-0.2, 0) is 16.0 Å². The zero-order valence-corrected chi connectivity index (χ0v) is 10.5. The maximum Gasteiger partial charge on any atom is 0.241 e. The third-order valence-corrected chi connectivity index (χ3v) is 2.58. The molecule has 1 aromatic carbocycles. The van der Waals surface area contributed by atoms with Gasteiger partial charge in [-0.15, -0.1) is 0 Å². The molecule has 5 N–H and O–H groups in total. The topological polar surface area (TPSA) is 98.2 Å². The smallest absolute Gasteiger partial charge is 0.241 e. The van der Waals surface area contributed by atoms with E-state index in [1.165, 1.54) is 0 Å². The summed E-state index contributed by atoms with van der Waals surface area (Å²) in [4.78, 5) is 22.7. The Hall–Kier alpha value is -1.88. The number of hydrogen-bond acceptors (Lipinski definition) is 3. The molecular formula is C13H19N3O2. The number of carbonyl (C=O) groups is 2. The molecule has 1 aromatic rings. The van der Waals surface area contributed by atoms with Gasteiger partial charge < -0.3 is 16.8 Å². The van der Waals surface area contributed by atoms with Gasteiger partial charge in [0, 0.05) is 5.69 Å². The lowest BCUT2D eigenvalue weighted by Gasteiger charge is -2.13. The fourth-order valence-electron chi connectivity index (χ4n) is 1.65. The Morgan fingerprint density at radius 1 is 1.33 bits per heavy atom. The largest absolute Gasteiger partial charge is 0.369 e. The maximum atomic E-state index is 11.8. The minimum atomic E-state index is -0.531. The molecule has 5 heteroatoms. The molecule has 0 fully saturated rings. The summed E-state index contributed by atoms with van der Waals surface area (Å²) in [6.45, 7) is 1.97. The van der Waals surface area contributed by atoms with Crippen molar-refractivity contribution < 1.29 is 9.59 Å². The van der Waals surface area contributed by atoms with Gasteiger partial charge in [0.05, 0.1) is 12.5 Å². The van der Waals surface area contributed by atoms with Crippen molar-refractivity contribution in [3.05, 3.63) is 29.8 Å². The van der Waals surface area contributed by atoms with Crippen LogP contribution in [0.2, 0.25) is 0 Å². The van der Waals surface area contributed by atoms with E-state index in [0.29, 0.717) is 17.7 Å². The summed E-state index contributed by atoms with van der Waals surface area (Å²) in [5.74, 6) is -0.677. The Bertz CT molecular complexity index is 432. The van der Waals surface area contributed by atoms with Crippen molar-refractivity contribution in [3.63, 3.8) is 0 Å². The Morgan fingerprint density at radius 2 is 2.00 bits per heavy atom. The third kappa shape index (κ3) is 4.18. The molecule has 18 heavy (non-hydrogen) atoms. The van der Waals surface area contributed by atoms with E-state index in [4.69, 9.17) is 11.5 Å². The molecule has 0 bridgehead atoms. The first-order valence-corrected chi connectivity index (χ1v) is 5.97. The molecule has 98 valence electrons. The molecular weight excluding hydrogens is 230 g/mol. The zero-order valence-electron chi connectivity index (χ0n) is 10.5. The molecule has 0 heterocycles. The van der Waals surface area contributed by atoms with Gasteiger partial charge in [-0.2, -0.15) is 0 Å². The molecule has 5 nitrogen and oxygen atoms in total. The van der Waals surface area contributed by atoms with Gasteiger partial charge in [-0.05, 0) is 18.1 Å². The number of anilines is 1. The van der Waals surface area contributed by atoms with Crippen molar-refractivity contribution in [1.82, 2.24) is 0 Å². The van der Waals surface area contributed by atoms with Crippen molar-refractivity contribution in [2.75, 3.05) is 5.32 Å². The summed E-state index contributed by atoms with van der Waals surface area (Å²) in [6, 6.07) is 6.53. The summed E-state index contributed by atoms with van der Waals surface area (Å²) >= 11 is 0. The van der Waals surface area contributed by atoms with E-state index in [9.17, 15) is 9.59 Å². The van der Waals surface area contributed by atoms with Gasteiger partial charge in [-0.25, -0.2) is 0 Å². The molecule has 1 rings (SSSR count). The van der Waals surface area contributed by atoms with E-state index in [1.54, 1.807) is 24.3 Å². The van der Waals surface area contributed by atoms with Crippen molar-refractivity contribution in [1.29, 1.82) is 0 Å². The summed E-state index contributed by atoms with van der Waals surface area (Å²) in [5, 5.41) is 2.73. The average Bonchev–Trinajstić information content (AvgIpc) is 2.31. The number of carbonyl (C=O) groups excluding carboxylic acids is 2. The highest BCUT2D eigenvalue weighted by Crippen LogP contribution is 2.16. The number of benzene rings is 1. The van der Waals surface area contributed by atoms with Crippen LogP contribution in [0, 0.1) is 0 Å². The predicted molar refractivity (Wildman–Crippen MR) is 70.9 cm³/mol. The van der Waals surface area contributed by atoms with E-state index < -0.39 is 11.9 Å². The quantitative estimate of drug-likeness (QED) is 0.694. The first-order valence-electron chi connectivity index (χ1n) is 5.97. The molecule has 0 aromatic heterocycles. The van der Waals surface area contributed by atoms with Gasteiger partial charge >= 0.3 is 0 Å². The number of nitrogens with one attached hydrogen (secondary N) is 1. The molecule has 0 aliphatic carbocycles. The number of nitrogens with two attached hydrogens (primary N) is 2. The van der Waals surface area contributed by atoms with E-state index >= 15 is 0 Å². The molecule has 0 saturated carbocycles. The van der Waals surface area contributed by atoms with Crippen LogP contribution in [-0.4, -0.2) is 17.9 Å². The van der Waals surface area contributed by atoms with Gasteiger partial charge in [-0.3, -0.25) is 9.59 Å². The van der Waals surface area contributed by atoms with Crippen LogP contribution in [0.3, 0.4) is 0 Å². The highest BCUT2D eigenvalue weighted by atomic mass is 16.2. The normalized spacial score (nSPS) is 11.9. The number of rotatable bonds is 6. The Kier molecular flexibility index (Phi) is 5.32. The van der Waals surface area contributed by atoms with Gasteiger partial charge in [0.1, 0.15) is 0 Å². The summed E-state index contributed by atoms with van der Waals surface area (Å²) in [7, 11) is 0. The second kappa shape index (κ2) is 6.76. The minimum Gasteiger partial charge on any atom is -0.369 e. The highest BCUT2D eigenvalue weighted by Gasteiger charge is 2.14. The lowest BCUT2D eigenvalue weighted by atomic mass is 10.1. The molecule has 0 spiro atoms. The van der Waals surface area contributed by atoms with E-state index in [1.807, 2.05) is 6.92 Å². The first kappa shape index (κ1) is 14.2. The summed E-state index contributed by atoms with van der Waals surface area (Å²) in [5.41, 5.74) is 12.2. The monoisotopic (exact) mass is 249 g/mol. The predicted octanol–water partition coefficient (Wildman–Crippen LogP) is 0.780. The Balaban J connectivity index is 2.77. The lowest BCUT2D eigenvalue weighted by molar-refractivity contribution is -0.118. The van der Waals surface area contributed by atoms with Crippen molar-refractivity contribution in [3.8, 4) is 0 Å². The molecule has 0 radical (unpaired) electrons. The van der Waals surface area contributed by atoms with Crippen molar-refractivity contribution >= 4 is 17.5 Å². The first-order chi connectivity index (χ1) is 8.54. The summed E-state index contributed by atoms with van der Waals surface area (Å²) in [6.07, 6.45) is 1.57. The second-order valence-corrected chi connectivity index (χ2v) is 4.18. The van der Waals surface area contributed by atoms with E-state index in [-0.39, 0.29) is 12.3 Å². The average molecular weight is 249 g/mol.